The van der Waals surface area contributed by atoms with Crippen LogP contribution in [-0.2, 0) is 4.79 Å². The Labute approximate surface area is 161 Å². The normalized spacial score (nSPS) is 11.7. The Kier molecular flexibility index (Phi) is 6.92. The van der Waals surface area contributed by atoms with Crippen molar-refractivity contribution in [3.8, 4) is 11.5 Å². The number of halogens is 2. The van der Waals surface area contributed by atoms with Gasteiger partial charge in [-0.15, -0.1) is 0 Å². The molecule has 0 saturated carbocycles. The minimum atomic E-state index is -1.01. The second kappa shape index (κ2) is 9.16. The summed E-state index contributed by atoms with van der Waals surface area (Å²) >= 11 is 0. The Morgan fingerprint density at radius 2 is 1.57 bits per heavy atom. The van der Waals surface area contributed by atoms with Crippen molar-refractivity contribution >= 4 is 17.5 Å². The molecular weight excluding hydrogens is 370 g/mol. The van der Waals surface area contributed by atoms with E-state index < -0.39 is 35.1 Å². The van der Waals surface area contributed by atoms with Crippen molar-refractivity contribution in [2.45, 2.75) is 19.9 Å². The Morgan fingerprint density at radius 3 is 2.11 bits per heavy atom. The molecule has 0 saturated heterocycles. The van der Waals surface area contributed by atoms with E-state index in [2.05, 4.69) is 10.6 Å². The van der Waals surface area contributed by atoms with Gasteiger partial charge in [0.2, 0.25) is 5.91 Å². The lowest BCUT2D eigenvalue weighted by atomic mass is 10.0. The summed E-state index contributed by atoms with van der Waals surface area (Å²) in [6.07, 6.45) is 0. The summed E-state index contributed by atoms with van der Waals surface area (Å²) < 4.78 is 38.0. The van der Waals surface area contributed by atoms with E-state index in [1.54, 1.807) is 32.0 Å². The van der Waals surface area contributed by atoms with E-state index >= 15 is 0 Å². The molecule has 1 unspecified atom stereocenters. The zero-order valence-corrected chi connectivity index (χ0v) is 16.0. The van der Waals surface area contributed by atoms with Crippen molar-refractivity contribution in [2.75, 3.05) is 19.5 Å². The first-order valence-corrected chi connectivity index (χ1v) is 8.56. The first-order chi connectivity index (χ1) is 13.3. The maximum atomic E-state index is 13.8. The minimum Gasteiger partial charge on any atom is -0.493 e. The standard InChI is InChI=1S/C20H22F2N2O4/c1-11(2)18(24-19(25)17-13(21)6-5-7-14(17)22)20(26)23-12-8-9-15(27-3)16(10-12)28-4/h5-11,18H,1-4H3,(H,23,26)(H,24,25). The molecule has 0 aliphatic carbocycles. The molecule has 0 aromatic heterocycles. The van der Waals surface area contributed by atoms with Crippen LogP contribution in [0.1, 0.15) is 24.2 Å². The van der Waals surface area contributed by atoms with Crippen molar-refractivity contribution in [1.82, 2.24) is 5.32 Å². The van der Waals surface area contributed by atoms with Gasteiger partial charge in [-0.2, -0.15) is 0 Å². The fourth-order valence-electron chi connectivity index (χ4n) is 2.60. The van der Waals surface area contributed by atoms with E-state index in [9.17, 15) is 18.4 Å². The number of hydrogen-bond donors (Lipinski definition) is 2. The van der Waals surface area contributed by atoms with Crippen LogP contribution in [0.25, 0.3) is 0 Å². The van der Waals surface area contributed by atoms with E-state index in [1.807, 2.05) is 0 Å². The number of hydrogen-bond acceptors (Lipinski definition) is 4. The number of carbonyl (C=O) groups excluding carboxylic acids is 2. The molecule has 2 rings (SSSR count). The third-order valence-electron chi connectivity index (χ3n) is 4.08. The van der Waals surface area contributed by atoms with Gasteiger partial charge in [-0.05, 0) is 30.2 Å². The lowest BCUT2D eigenvalue weighted by Crippen LogP contribution is -2.47. The Balaban J connectivity index is 2.20. The van der Waals surface area contributed by atoms with E-state index in [4.69, 9.17) is 9.47 Å². The van der Waals surface area contributed by atoms with Gasteiger partial charge in [-0.3, -0.25) is 9.59 Å². The highest BCUT2D eigenvalue weighted by molar-refractivity contribution is 6.01. The minimum absolute atomic E-state index is 0.334. The van der Waals surface area contributed by atoms with Crippen molar-refractivity contribution in [2.24, 2.45) is 5.92 Å². The number of carbonyl (C=O) groups is 2. The van der Waals surface area contributed by atoms with E-state index in [0.717, 1.165) is 18.2 Å². The molecule has 150 valence electrons. The van der Waals surface area contributed by atoms with Gasteiger partial charge in [0.25, 0.3) is 5.91 Å². The number of anilines is 1. The van der Waals surface area contributed by atoms with Gasteiger partial charge in [0.05, 0.1) is 14.2 Å². The number of rotatable bonds is 7. The Morgan fingerprint density at radius 1 is 0.964 bits per heavy atom. The quantitative estimate of drug-likeness (QED) is 0.758. The topological polar surface area (TPSA) is 76.7 Å². The monoisotopic (exact) mass is 392 g/mol. The van der Waals surface area contributed by atoms with Crippen molar-refractivity contribution in [1.29, 1.82) is 0 Å². The summed E-state index contributed by atoms with van der Waals surface area (Å²) in [4.78, 5) is 25.0. The third kappa shape index (κ3) is 4.76. The van der Waals surface area contributed by atoms with Crippen LogP contribution >= 0.6 is 0 Å². The summed E-state index contributed by atoms with van der Waals surface area (Å²) in [6.45, 7) is 3.41. The van der Waals surface area contributed by atoms with Gasteiger partial charge >= 0.3 is 0 Å². The molecule has 2 N–H and O–H groups in total. The predicted octanol–water partition coefficient (Wildman–Crippen LogP) is 3.38. The first-order valence-electron chi connectivity index (χ1n) is 8.56. The van der Waals surface area contributed by atoms with E-state index in [0.29, 0.717) is 17.2 Å². The van der Waals surface area contributed by atoms with Crippen LogP contribution in [-0.4, -0.2) is 32.1 Å². The summed E-state index contributed by atoms with van der Waals surface area (Å²) in [7, 11) is 2.95. The van der Waals surface area contributed by atoms with Crippen LogP contribution in [0.15, 0.2) is 36.4 Å². The second-order valence-electron chi connectivity index (χ2n) is 6.35. The van der Waals surface area contributed by atoms with Crippen molar-refractivity contribution < 1.29 is 27.8 Å². The van der Waals surface area contributed by atoms with Gasteiger partial charge < -0.3 is 20.1 Å². The molecule has 0 fully saturated rings. The van der Waals surface area contributed by atoms with E-state index in [1.165, 1.54) is 14.2 Å². The zero-order chi connectivity index (χ0) is 20.8. The van der Waals surface area contributed by atoms with Gasteiger partial charge in [0, 0.05) is 11.8 Å². The van der Waals surface area contributed by atoms with Crippen LogP contribution in [0, 0.1) is 17.6 Å². The fourth-order valence-corrected chi connectivity index (χ4v) is 2.60. The molecule has 8 heteroatoms. The third-order valence-corrected chi connectivity index (χ3v) is 4.08. The van der Waals surface area contributed by atoms with Gasteiger partial charge in [0.1, 0.15) is 23.2 Å². The van der Waals surface area contributed by atoms with Gasteiger partial charge in [0.15, 0.2) is 11.5 Å². The molecule has 6 nitrogen and oxygen atoms in total. The number of amides is 2. The lowest BCUT2D eigenvalue weighted by molar-refractivity contribution is -0.118. The first kappa shape index (κ1) is 21.1. The smallest absolute Gasteiger partial charge is 0.257 e. The van der Waals surface area contributed by atoms with Crippen LogP contribution < -0.4 is 20.1 Å². The van der Waals surface area contributed by atoms with Gasteiger partial charge in [-0.1, -0.05) is 19.9 Å². The number of benzene rings is 2. The highest BCUT2D eigenvalue weighted by Crippen LogP contribution is 2.29. The maximum Gasteiger partial charge on any atom is 0.257 e. The predicted molar refractivity (Wildman–Crippen MR) is 101 cm³/mol. The number of methoxy groups -OCH3 is 2. The lowest BCUT2D eigenvalue weighted by Gasteiger charge is -2.22. The fraction of sp³-hybridized carbons (Fsp3) is 0.300. The molecule has 0 aliphatic rings. The Bertz CT molecular complexity index is 851. The molecular formula is C20H22F2N2O4. The molecule has 1 atom stereocenters. The average molecular weight is 392 g/mol. The molecule has 28 heavy (non-hydrogen) atoms. The van der Waals surface area contributed by atoms with Crippen molar-refractivity contribution in [3.05, 3.63) is 53.6 Å². The average Bonchev–Trinajstić information content (AvgIpc) is 2.65. The van der Waals surface area contributed by atoms with Crippen molar-refractivity contribution in [3.63, 3.8) is 0 Å². The van der Waals surface area contributed by atoms with Gasteiger partial charge in [-0.25, -0.2) is 8.78 Å². The van der Waals surface area contributed by atoms with Crippen LogP contribution in [0.2, 0.25) is 0 Å². The second-order valence-corrected chi connectivity index (χ2v) is 6.35. The van der Waals surface area contributed by atoms with Crippen LogP contribution in [0.3, 0.4) is 0 Å². The molecule has 2 aromatic carbocycles. The van der Waals surface area contributed by atoms with Crippen LogP contribution in [0.5, 0.6) is 11.5 Å². The summed E-state index contributed by atoms with van der Waals surface area (Å²) in [5, 5.41) is 5.06. The van der Waals surface area contributed by atoms with Crippen LogP contribution in [0.4, 0.5) is 14.5 Å². The molecule has 0 bridgehead atoms. The van der Waals surface area contributed by atoms with E-state index in [-0.39, 0.29) is 5.92 Å². The molecule has 2 amide bonds. The molecule has 0 aliphatic heterocycles. The summed E-state index contributed by atoms with van der Waals surface area (Å²) in [6, 6.07) is 6.89. The summed E-state index contributed by atoms with van der Waals surface area (Å²) in [5.41, 5.74) is -0.313. The SMILES string of the molecule is COc1ccc(NC(=O)C(NC(=O)c2c(F)cccc2F)C(C)C)cc1OC. The number of nitrogens with one attached hydrogen (secondary N) is 2. The highest BCUT2D eigenvalue weighted by atomic mass is 19.1. The highest BCUT2D eigenvalue weighted by Gasteiger charge is 2.27. The molecule has 2 aromatic rings. The number of ether oxygens (including phenoxy) is 2. The zero-order valence-electron chi connectivity index (χ0n) is 16.0. The molecule has 0 radical (unpaired) electrons. The molecule has 0 spiro atoms. The maximum absolute atomic E-state index is 13.8. The Hall–Kier alpha value is -3.16. The molecule has 0 heterocycles. The largest absolute Gasteiger partial charge is 0.493 e. The summed E-state index contributed by atoms with van der Waals surface area (Å²) in [5.74, 6) is -2.97.